The summed E-state index contributed by atoms with van der Waals surface area (Å²) in [4.78, 5) is 11.6. The first kappa shape index (κ1) is 11.6. The van der Waals surface area contributed by atoms with E-state index in [0.29, 0.717) is 22.9 Å². The number of ether oxygens (including phenoxy) is 1. The van der Waals surface area contributed by atoms with E-state index in [9.17, 15) is 4.79 Å². The molecule has 0 radical (unpaired) electrons. The van der Waals surface area contributed by atoms with Gasteiger partial charge in [-0.3, -0.25) is 4.57 Å². The minimum atomic E-state index is -0.376. The second-order valence-electron chi connectivity index (χ2n) is 3.26. The average Bonchev–Trinajstić information content (AvgIpc) is 2.83. The van der Waals surface area contributed by atoms with E-state index in [-0.39, 0.29) is 5.97 Å². The number of aromatic nitrogens is 3. The lowest BCUT2D eigenvalue weighted by Crippen LogP contribution is -2.05. The maximum atomic E-state index is 11.6. The average molecular weight is 252 g/mol. The van der Waals surface area contributed by atoms with Crippen LogP contribution in [0.3, 0.4) is 0 Å². The number of hydrogen-bond donors (Lipinski definition) is 0. The molecule has 0 saturated heterocycles. The molecule has 0 fully saturated rings. The largest absolute Gasteiger partial charge is 0.462 e. The van der Waals surface area contributed by atoms with Gasteiger partial charge in [-0.05, 0) is 25.1 Å². The Morgan fingerprint density at radius 2 is 2.12 bits per heavy atom. The third-order valence-electron chi connectivity index (χ3n) is 2.15. The zero-order valence-corrected chi connectivity index (χ0v) is 9.89. The molecule has 0 aliphatic carbocycles. The summed E-state index contributed by atoms with van der Waals surface area (Å²) in [7, 11) is 0. The summed E-state index contributed by atoms with van der Waals surface area (Å²) in [5, 5.41) is 7.89. The van der Waals surface area contributed by atoms with Gasteiger partial charge in [0, 0.05) is 0 Å². The highest BCUT2D eigenvalue weighted by molar-refractivity contribution is 6.32. The van der Waals surface area contributed by atoms with Crippen LogP contribution in [0.4, 0.5) is 0 Å². The topological polar surface area (TPSA) is 57.0 Å². The molecule has 0 aliphatic heterocycles. The number of esters is 1. The summed E-state index contributed by atoms with van der Waals surface area (Å²) in [6.07, 6.45) is 3.02. The summed E-state index contributed by atoms with van der Waals surface area (Å²) in [6, 6.07) is 4.90. The van der Waals surface area contributed by atoms with E-state index < -0.39 is 0 Å². The van der Waals surface area contributed by atoms with Crippen molar-refractivity contribution in [2.45, 2.75) is 6.92 Å². The third kappa shape index (κ3) is 2.45. The highest BCUT2D eigenvalue weighted by Crippen LogP contribution is 2.21. The molecule has 0 atom stereocenters. The normalized spacial score (nSPS) is 10.2. The van der Waals surface area contributed by atoms with Crippen LogP contribution < -0.4 is 0 Å². The van der Waals surface area contributed by atoms with E-state index in [1.165, 1.54) is 12.7 Å². The Hall–Kier alpha value is -1.88. The van der Waals surface area contributed by atoms with E-state index in [0.717, 1.165) is 0 Å². The first-order chi connectivity index (χ1) is 8.22. The molecule has 0 aliphatic rings. The Labute approximate surface area is 103 Å². The Morgan fingerprint density at radius 3 is 2.76 bits per heavy atom. The summed E-state index contributed by atoms with van der Waals surface area (Å²) in [5.41, 5.74) is 1.09. The first-order valence-corrected chi connectivity index (χ1v) is 5.42. The van der Waals surface area contributed by atoms with Crippen LogP contribution in [0.2, 0.25) is 5.02 Å². The Bertz CT molecular complexity index is 526. The summed E-state index contributed by atoms with van der Waals surface area (Å²) < 4.78 is 6.55. The van der Waals surface area contributed by atoms with Gasteiger partial charge in [0.25, 0.3) is 0 Å². The predicted molar refractivity (Wildman–Crippen MR) is 62.3 cm³/mol. The van der Waals surface area contributed by atoms with E-state index in [4.69, 9.17) is 16.3 Å². The van der Waals surface area contributed by atoms with Crippen LogP contribution in [0.25, 0.3) is 5.69 Å². The summed E-state index contributed by atoms with van der Waals surface area (Å²) >= 11 is 6.04. The molecule has 1 heterocycles. The van der Waals surface area contributed by atoms with Gasteiger partial charge in [0.15, 0.2) is 0 Å². The highest BCUT2D eigenvalue weighted by atomic mass is 35.5. The Balaban J connectivity index is 2.40. The van der Waals surface area contributed by atoms with Crippen molar-refractivity contribution in [2.75, 3.05) is 6.61 Å². The van der Waals surface area contributed by atoms with E-state index in [1.54, 1.807) is 29.7 Å². The van der Waals surface area contributed by atoms with Crippen LogP contribution in [0.5, 0.6) is 0 Å². The van der Waals surface area contributed by atoms with Gasteiger partial charge in [0.1, 0.15) is 12.7 Å². The lowest BCUT2D eigenvalue weighted by atomic mass is 10.2. The maximum Gasteiger partial charge on any atom is 0.338 e. The molecule has 0 unspecified atom stereocenters. The van der Waals surface area contributed by atoms with Gasteiger partial charge < -0.3 is 4.74 Å². The molecule has 0 amide bonds. The number of halogens is 1. The molecular weight excluding hydrogens is 242 g/mol. The molecule has 88 valence electrons. The van der Waals surface area contributed by atoms with Crippen molar-refractivity contribution >= 4 is 17.6 Å². The SMILES string of the molecule is CCOC(=O)c1ccc(Cl)c(-n2cnnc2)c1. The third-order valence-corrected chi connectivity index (χ3v) is 2.47. The van der Waals surface area contributed by atoms with Crippen molar-refractivity contribution in [1.29, 1.82) is 0 Å². The molecule has 17 heavy (non-hydrogen) atoms. The molecule has 6 heteroatoms. The minimum absolute atomic E-state index is 0.337. The van der Waals surface area contributed by atoms with Crippen LogP contribution in [0.15, 0.2) is 30.9 Å². The van der Waals surface area contributed by atoms with Crippen LogP contribution in [0, 0.1) is 0 Å². The standard InChI is InChI=1S/C11H10ClN3O2/c1-2-17-11(16)8-3-4-9(12)10(5-8)15-6-13-14-7-15/h3-7H,2H2,1H3. The van der Waals surface area contributed by atoms with Crippen molar-refractivity contribution in [3.63, 3.8) is 0 Å². The number of hydrogen-bond acceptors (Lipinski definition) is 4. The van der Waals surface area contributed by atoms with Gasteiger partial charge >= 0.3 is 5.97 Å². The van der Waals surface area contributed by atoms with Crippen LogP contribution in [-0.2, 0) is 4.74 Å². The van der Waals surface area contributed by atoms with Crippen molar-refractivity contribution in [3.8, 4) is 5.69 Å². The van der Waals surface area contributed by atoms with Gasteiger partial charge in [-0.1, -0.05) is 11.6 Å². The first-order valence-electron chi connectivity index (χ1n) is 5.04. The molecule has 1 aromatic carbocycles. The monoisotopic (exact) mass is 251 g/mol. The number of benzene rings is 1. The highest BCUT2D eigenvalue weighted by Gasteiger charge is 2.10. The minimum Gasteiger partial charge on any atom is -0.462 e. The number of carbonyl (C=O) groups excluding carboxylic acids is 1. The van der Waals surface area contributed by atoms with Gasteiger partial charge in [-0.15, -0.1) is 10.2 Å². The van der Waals surface area contributed by atoms with Crippen LogP contribution >= 0.6 is 11.6 Å². The second kappa shape index (κ2) is 4.97. The maximum absolute atomic E-state index is 11.6. The molecule has 5 nitrogen and oxygen atoms in total. The van der Waals surface area contributed by atoms with Crippen molar-refractivity contribution in [2.24, 2.45) is 0 Å². The van der Waals surface area contributed by atoms with Crippen molar-refractivity contribution < 1.29 is 9.53 Å². The van der Waals surface area contributed by atoms with Gasteiger partial charge in [0.05, 0.1) is 22.9 Å². The Kier molecular flexibility index (Phi) is 3.39. The number of carbonyl (C=O) groups is 1. The molecule has 0 spiro atoms. The second-order valence-corrected chi connectivity index (χ2v) is 3.66. The van der Waals surface area contributed by atoms with E-state index >= 15 is 0 Å². The molecule has 0 saturated carbocycles. The molecular formula is C11H10ClN3O2. The molecule has 2 aromatic rings. The zero-order valence-electron chi connectivity index (χ0n) is 9.13. The smallest absolute Gasteiger partial charge is 0.338 e. The van der Waals surface area contributed by atoms with Crippen molar-refractivity contribution in [1.82, 2.24) is 14.8 Å². The quantitative estimate of drug-likeness (QED) is 0.784. The van der Waals surface area contributed by atoms with Gasteiger partial charge in [-0.2, -0.15) is 0 Å². The lowest BCUT2D eigenvalue weighted by molar-refractivity contribution is 0.0526. The lowest BCUT2D eigenvalue weighted by Gasteiger charge is -2.07. The fraction of sp³-hybridized carbons (Fsp3) is 0.182. The fourth-order valence-electron chi connectivity index (χ4n) is 1.38. The predicted octanol–water partition coefficient (Wildman–Crippen LogP) is 2.10. The van der Waals surface area contributed by atoms with E-state index in [1.807, 2.05) is 0 Å². The number of nitrogens with zero attached hydrogens (tertiary/aromatic N) is 3. The molecule has 2 rings (SSSR count). The van der Waals surface area contributed by atoms with Crippen molar-refractivity contribution in [3.05, 3.63) is 41.4 Å². The summed E-state index contributed by atoms with van der Waals surface area (Å²) in [6.45, 7) is 2.10. The number of rotatable bonds is 3. The fourth-order valence-corrected chi connectivity index (χ4v) is 1.59. The molecule has 1 aromatic heterocycles. The molecule has 0 N–H and O–H groups in total. The molecule has 0 bridgehead atoms. The summed E-state index contributed by atoms with van der Waals surface area (Å²) in [5.74, 6) is -0.376. The van der Waals surface area contributed by atoms with E-state index in [2.05, 4.69) is 10.2 Å². The zero-order chi connectivity index (χ0) is 12.3. The van der Waals surface area contributed by atoms with Crippen LogP contribution in [0.1, 0.15) is 17.3 Å². The van der Waals surface area contributed by atoms with Crippen LogP contribution in [-0.4, -0.2) is 27.3 Å². The van der Waals surface area contributed by atoms with Gasteiger partial charge in [0.2, 0.25) is 0 Å². The Morgan fingerprint density at radius 1 is 1.41 bits per heavy atom. The van der Waals surface area contributed by atoms with Gasteiger partial charge in [-0.25, -0.2) is 4.79 Å².